The van der Waals surface area contributed by atoms with Crippen LogP contribution < -0.4 is 5.32 Å². The summed E-state index contributed by atoms with van der Waals surface area (Å²) in [4.78, 5) is 2.53. The van der Waals surface area contributed by atoms with E-state index in [2.05, 4.69) is 24.1 Å². The van der Waals surface area contributed by atoms with Crippen molar-refractivity contribution in [1.29, 1.82) is 0 Å². The predicted molar refractivity (Wildman–Crippen MR) is 70.0 cm³/mol. The first kappa shape index (κ1) is 14.9. The van der Waals surface area contributed by atoms with Crippen LogP contribution in [0.15, 0.2) is 0 Å². The summed E-state index contributed by atoms with van der Waals surface area (Å²) in [5, 5.41) is 21.4. The molecule has 0 spiro atoms. The lowest BCUT2D eigenvalue weighted by molar-refractivity contribution is 0.127. The average molecular weight is 244 g/mol. The lowest BCUT2D eigenvalue weighted by atomic mass is 9.90. The van der Waals surface area contributed by atoms with Crippen LogP contribution in [0.1, 0.15) is 33.1 Å². The largest absolute Gasteiger partial charge is 0.395 e. The van der Waals surface area contributed by atoms with Crippen LogP contribution in [0.4, 0.5) is 0 Å². The molecule has 4 nitrogen and oxygen atoms in total. The molecule has 0 aromatic heterocycles. The molecule has 1 aliphatic rings. The van der Waals surface area contributed by atoms with Crippen molar-refractivity contribution in [1.82, 2.24) is 10.2 Å². The smallest absolute Gasteiger partial charge is 0.0607 e. The quantitative estimate of drug-likeness (QED) is 0.608. The van der Waals surface area contributed by atoms with Gasteiger partial charge in [0.1, 0.15) is 0 Å². The SMILES string of the molecule is CCCN1CCC(C(C)NC(CO)CO)CC1. The second-order valence-electron chi connectivity index (χ2n) is 5.20. The summed E-state index contributed by atoms with van der Waals surface area (Å²) in [6.07, 6.45) is 3.67. The van der Waals surface area contributed by atoms with Gasteiger partial charge in [0.2, 0.25) is 0 Å². The van der Waals surface area contributed by atoms with Crippen molar-refractivity contribution in [3.8, 4) is 0 Å². The Bertz CT molecular complexity index is 190. The Kier molecular flexibility index (Phi) is 7.04. The van der Waals surface area contributed by atoms with E-state index in [-0.39, 0.29) is 19.3 Å². The Morgan fingerprint density at radius 3 is 2.29 bits per heavy atom. The molecule has 1 fully saturated rings. The van der Waals surface area contributed by atoms with Gasteiger partial charge in [0.25, 0.3) is 0 Å². The highest BCUT2D eigenvalue weighted by atomic mass is 16.3. The summed E-state index contributed by atoms with van der Waals surface area (Å²) in [7, 11) is 0. The van der Waals surface area contributed by atoms with E-state index in [0.29, 0.717) is 12.0 Å². The Morgan fingerprint density at radius 1 is 1.24 bits per heavy atom. The van der Waals surface area contributed by atoms with Gasteiger partial charge in [-0.05, 0) is 51.7 Å². The highest BCUT2D eigenvalue weighted by Gasteiger charge is 2.24. The highest BCUT2D eigenvalue weighted by Crippen LogP contribution is 2.20. The number of likely N-dealkylation sites (tertiary alicyclic amines) is 1. The van der Waals surface area contributed by atoms with Crippen molar-refractivity contribution in [2.45, 2.75) is 45.2 Å². The first-order chi connectivity index (χ1) is 8.21. The molecule has 1 unspecified atom stereocenters. The van der Waals surface area contributed by atoms with Crippen molar-refractivity contribution in [3.05, 3.63) is 0 Å². The summed E-state index contributed by atoms with van der Waals surface area (Å²) >= 11 is 0. The van der Waals surface area contributed by atoms with Crippen LogP contribution in [0.2, 0.25) is 0 Å². The van der Waals surface area contributed by atoms with Crippen LogP contribution in [0.25, 0.3) is 0 Å². The van der Waals surface area contributed by atoms with Crippen LogP contribution in [0, 0.1) is 5.92 Å². The molecule has 1 atom stereocenters. The van der Waals surface area contributed by atoms with Gasteiger partial charge >= 0.3 is 0 Å². The van der Waals surface area contributed by atoms with E-state index >= 15 is 0 Å². The van der Waals surface area contributed by atoms with Gasteiger partial charge in [-0.3, -0.25) is 0 Å². The van der Waals surface area contributed by atoms with Gasteiger partial charge in [-0.25, -0.2) is 0 Å². The topological polar surface area (TPSA) is 55.7 Å². The predicted octanol–water partition coefficient (Wildman–Crippen LogP) is 0.440. The standard InChI is InChI=1S/C13H28N2O2/c1-3-6-15-7-4-12(5-8-15)11(2)14-13(9-16)10-17/h11-14,16-17H,3-10H2,1-2H3. The number of aliphatic hydroxyl groups excluding tert-OH is 2. The van der Waals surface area contributed by atoms with E-state index in [0.717, 1.165) is 0 Å². The minimum absolute atomic E-state index is 0.00944. The molecular formula is C13H28N2O2. The van der Waals surface area contributed by atoms with Crippen LogP contribution >= 0.6 is 0 Å². The van der Waals surface area contributed by atoms with Crippen LogP contribution in [0.3, 0.4) is 0 Å². The molecule has 0 aromatic carbocycles. The summed E-state index contributed by atoms with van der Waals surface area (Å²) in [6.45, 7) is 8.00. The van der Waals surface area contributed by atoms with Gasteiger partial charge in [0.05, 0.1) is 19.3 Å². The molecule has 0 bridgehead atoms. The van der Waals surface area contributed by atoms with Crippen molar-refractivity contribution in [3.63, 3.8) is 0 Å². The molecule has 3 N–H and O–H groups in total. The lowest BCUT2D eigenvalue weighted by Crippen LogP contribution is -2.47. The number of nitrogens with zero attached hydrogens (tertiary/aromatic N) is 1. The second kappa shape index (κ2) is 8.03. The number of aliphatic hydroxyl groups is 2. The fraction of sp³-hybridized carbons (Fsp3) is 1.00. The molecule has 17 heavy (non-hydrogen) atoms. The van der Waals surface area contributed by atoms with E-state index < -0.39 is 0 Å². The van der Waals surface area contributed by atoms with E-state index in [9.17, 15) is 0 Å². The summed E-state index contributed by atoms with van der Waals surface area (Å²) < 4.78 is 0. The van der Waals surface area contributed by atoms with Crippen molar-refractivity contribution >= 4 is 0 Å². The Hall–Kier alpha value is -0.160. The minimum Gasteiger partial charge on any atom is -0.395 e. The van der Waals surface area contributed by atoms with Gasteiger partial charge in [-0.2, -0.15) is 0 Å². The molecule has 1 heterocycles. The third-order valence-electron chi connectivity index (χ3n) is 3.82. The molecule has 0 aliphatic carbocycles. The summed E-state index contributed by atoms with van der Waals surface area (Å²) in [5.41, 5.74) is 0. The zero-order valence-electron chi connectivity index (χ0n) is 11.2. The highest BCUT2D eigenvalue weighted by molar-refractivity contribution is 4.81. The van der Waals surface area contributed by atoms with Crippen LogP contribution in [-0.2, 0) is 0 Å². The van der Waals surface area contributed by atoms with Gasteiger partial charge < -0.3 is 20.4 Å². The van der Waals surface area contributed by atoms with Crippen molar-refractivity contribution in [2.24, 2.45) is 5.92 Å². The number of hydrogen-bond acceptors (Lipinski definition) is 4. The molecule has 4 heteroatoms. The Balaban J connectivity index is 2.27. The number of piperidine rings is 1. The van der Waals surface area contributed by atoms with Crippen LogP contribution in [0.5, 0.6) is 0 Å². The van der Waals surface area contributed by atoms with E-state index in [1.807, 2.05) is 0 Å². The lowest BCUT2D eigenvalue weighted by Gasteiger charge is -2.36. The first-order valence-corrected chi connectivity index (χ1v) is 6.91. The number of rotatable bonds is 7. The normalized spacial score (nSPS) is 21.0. The third kappa shape index (κ3) is 4.92. The second-order valence-corrected chi connectivity index (χ2v) is 5.20. The zero-order chi connectivity index (χ0) is 12.7. The van der Waals surface area contributed by atoms with Gasteiger partial charge in [-0.15, -0.1) is 0 Å². The maximum absolute atomic E-state index is 9.05. The third-order valence-corrected chi connectivity index (χ3v) is 3.82. The molecule has 102 valence electrons. The Labute approximate surface area is 105 Å². The minimum atomic E-state index is -0.168. The molecular weight excluding hydrogens is 216 g/mol. The Morgan fingerprint density at radius 2 is 1.82 bits per heavy atom. The molecule has 0 saturated carbocycles. The molecule has 0 aromatic rings. The monoisotopic (exact) mass is 244 g/mol. The van der Waals surface area contributed by atoms with Gasteiger partial charge in [0.15, 0.2) is 0 Å². The van der Waals surface area contributed by atoms with Gasteiger partial charge in [-0.1, -0.05) is 6.92 Å². The summed E-state index contributed by atoms with van der Waals surface area (Å²) in [5.74, 6) is 0.670. The fourth-order valence-corrected chi connectivity index (χ4v) is 2.66. The molecule has 1 saturated heterocycles. The fourth-order valence-electron chi connectivity index (χ4n) is 2.66. The number of hydrogen-bond donors (Lipinski definition) is 3. The van der Waals surface area contributed by atoms with Crippen molar-refractivity contribution < 1.29 is 10.2 Å². The van der Waals surface area contributed by atoms with E-state index in [1.54, 1.807) is 0 Å². The molecule has 1 rings (SSSR count). The van der Waals surface area contributed by atoms with Crippen molar-refractivity contribution in [2.75, 3.05) is 32.8 Å². The summed E-state index contributed by atoms with van der Waals surface area (Å²) in [6, 6.07) is 0.210. The number of nitrogens with one attached hydrogen (secondary N) is 1. The van der Waals surface area contributed by atoms with E-state index in [4.69, 9.17) is 10.2 Å². The molecule has 0 amide bonds. The maximum Gasteiger partial charge on any atom is 0.0607 e. The molecule has 0 radical (unpaired) electrons. The van der Waals surface area contributed by atoms with E-state index in [1.165, 1.54) is 38.9 Å². The average Bonchev–Trinajstić information content (AvgIpc) is 2.37. The van der Waals surface area contributed by atoms with Crippen LogP contribution in [-0.4, -0.2) is 60.0 Å². The molecule has 1 aliphatic heterocycles. The van der Waals surface area contributed by atoms with Gasteiger partial charge in [0, 0.05) is 6.04 Å². The zero-order valence-corrected chi connectivity index (χ0v) is 11.2. The maximum atomic E-state index is 9.05. The first-order valence-electron chi connectivity index (χ1n) is 6.91.